The Hall–Kier alpha value is -1.42. The van der Waals surface area contributed by atoms with E-state index in [0.717, 1.165) is 42.2 Å². The van der Waals surface area contributed by atoms with Crippen molar-refractivity contribution >= 4 is 0 Å². The van der Waals surface area contributed by atoms with E-state index in [4.69, 9.17) is 14.2 Å². The topological polar surface area (TPSA) is 39.7 Å². The zero-order valence-electron chi connectivity index (χ0n) is 12.3. The number of benzene rings is 1. The predicted octanol–water partition coefficient (Wildman–Crippen LogP) is 2.95. The molecule has 1 N–H and O–H groups in total. The molecule has 2 unspecified atom stereocenters. The molecule has 1 aliphatic heterocycles. The second-order valence-corrected chi connectivity index (χ2v) is 5.95. The summed E-state index contributed by atoms with van der Waals surface area (Å²) in [5.74, 6) is 4.00. The van der Waals surface area contributed by atoms with Gasteiger partial charge in [0.05, 0.1) is 7.11 Å². The van der Waals surface area contributed by atoms with Crippen LogP contribution < -0.4 is 19.5 Å². The summed E-state index contributed by atoms with van der Waals surface area (Å²) in [5, 5.41) is 3.55. The van der Waals surface area contributed by atoms with Crippen LogP contribution in [0.25, 0.3) is 0 Å². The van der Waals surface area contributed by atoms with Crippen molar-refractivity contribution in [3.8, 4) is 17.2 Å². The molecule has 0 radical (unpaired) electrons. The maximum atomic E-state index is 5.45. The molecule has 0 aromatic heterocycles. The van der Waals surface area contributed by atoms with Crippen molar-refractivity contribution < 1.29 is 14.2 Å². The molecular weight excluding hydrogens is 254 g/mol. The van der Waals surface area contributed by atoms with Gasteiger partial charge in [-0.05, 0) is 48.9 Å². The number of methoxy groups -OCH3 is 1. The van der Waals surface area contributed by atoms with Crippen molar-refractivity contribution in [1.29, 1.82) is 0 Å². The molecule has 1 aliphatic carbocycles. The third-order valence-electron chi connectivity index (χ3n) is 4.28. The summed E-state index contributed by atoms with van der Waals surface area (Å²) in [6, 6.07) is 4.06. The van der Waals surface area contributed by atoms with E-state index in [-0.39, 0.29) is 6.79 Å². The molecule has 0 spiro atoms. The molecule has 1 saturated carbocycles. The van der Waals surface area contributed by atoms with Crippen molar-refractivity contribution in [2.24, 2.45) is 11.8 Å². The molecule has 3 rings (SSSR count). The SMILES string of the molecule is COc1cc(CNCC2CCC(C)C2)cc2c1OCO2. The highest BCUT2D eigenvalue weighted by Gasteiger charge is 2.22. The van der Waals surface area contributed by atoms with E-state index >= 15 is 0 Å². The van der Waals surface area contributed by atoms with E-state index in [2.05, 4.69) is 12.2 Å². The Balaban J connectivity index is 1.57. The van der Waals surface area contributed by atoms with Gasteiger partial charge in [-0.1, -0.05) is 13.3 Å². The van der Waals surface area contributed by atoms with Crippen LogP contribution in [-0.4, -0.2) is 20.4 Å². The molecule has 20 heavy (non-hydrogen) atoms. The first kappa shape index (κ1) is 13.6. The largest absolute Gasteiger partial charge is 0.493 e. The van der Waals surface area contributed by atoms with Gasteiger partial charge in [-0.3, -0.25) is 0 Å². The third-order valence-corrected chi connectivity index (χ3v) is 4.28. The molecule has 1 aromatic rings. The number of nitrogens with one attached hydrogen (secondary N) is 1. The first-order chi connectivity index (χ1) is 9.76. The Morgan fingerprint density at radius 2 is 2.20 bits per heavy atom. The zero-order valence-corrected chi connectivity index (χ0v) is 12.3. The van der Waals surface area contributed by atoms with Gasteiger partial charge in [0.25, 0.3) is 0 Å². The molecule has 4 heteroatoms. The smallest absolute Gasteiger partial charge is 0.231 e. The van der Waals surface area contributed by atoms with E-state index in [1.807, 2.05) is 12.1 Å². The summed E-state index contributed by atoms with van der Waals surface area (Å²) < 4.78 is 16.2. The minimum atomic E-state index is 0.280. The molecule has 110 valence electrons. The van der Waals surface area contributed by atoms with E-state index in [9.17, 15) is 0 Å². The fourth-order valence-electron chi connectivity index (χ4n) is 3.22. The highest BCUT2D eigenvalue weighted by atomic mass is 16.7. The lowest BCUT2D eigenvalue weighted by molar-refractivity contribution is 0.171. The highest BCUT2D eigenvalue weighted by molar-refractivity contribution is 5.55. The van der Waals surface area contributed by atoms with Crippen molar-refractivity contribution in [2.75, 3.05) is 20.4 Å². The molecule has 1 aromatic carbocycles. The molecular formula is C16H23NO3. The third kappa shape index (κ3) is 2.85. The summed E-state index contributed by atoms with van der Waals surface area (Å²) in [6.45, 7) is 4.57. The molecule has 1 heterocycles. The van der Waals surface area contributed by atoms with Gasteiger partial charge in [-0.15, -0.1) is 0 Å². The normalized spacial score (nSPS) is 24.1. The second kappa shape index (κ2) is 5.92. The lowest BCUT2D eigenvalue weighted by Gasteiger charge is -2.12. The number of fused-ring (bicyclic) bond motifs is 1. The van der Waals surface area contributed by atoms with Crippen molar-refractivity contribution in [1.82, 2.24) is 5.32 Å². The lowest BCUT2D eigenvalue weighted by Crippen LogP contribution is -2.21. The average molecular weight is 277 g/mol. The molecule has 0 saturated heterocycles. The monoisotopic (exact) mass is 277 g/mol. The number of hydrogen-bond donors (Lipinski definition) is 1. The van der Waals surface area contributed by atoms with Crippen LogP contribution in [0.3, 0.4) is 0 Å². The molecule has 1 fully saturated rings. The maximum absolute atomic E-state index is 5.45. The summed E-state index contributed by atoms with van der Waals surface area (Å²) in [6.07, 6.45) is 4.10. The summed E-state index contributed by atoms with van der Waals surface area (Å²) >= 11 is 0. The van der Waals surface area contributed by atoms with Gasteiger partial charge in [0.2, 0.25) is 12.5 Å². The second-order valence-electron chi connectivity index (χ2n) is 5.95. The van der Waals surface area contributed by atoms with E-state index in [1.165, 1.54) is 24.8 Å². The Morgan fingerprint density at radius 1 is 1.30 bits per heavy atom. The number of rotatable bonds is 5. The van der Waals surface area contributed by atoms with Gasteiger partial charge >= 0.3 is 0 Å². The lowest BCUT2D eigenvalue weighted by atomic mass is 10.1. The van der Waals surface area contributed by atoms with Gasteiger partial charge in [0, 0.05) is 6.54 Å². The van der Waals surface area contributed by atoms with Gasteiger partial charge in [0.1, 0.15) is 0 Å². The Bertz CT molecular complexity index is 475. The molecule has 0 amide bonds. The van der Waals surface area contributed by atoms with Crippen molar-refractivity contribution in [2.45, 2.75) is 32.7 Å². The van der Waals surface area contributed by atoms with Crippen LogP contribution in [0.2, 0.25) is 0 Å². The minimum Gasteiger partial charge on any atom is -0.493 e. The van der Waals surface area contributed by atoms with Gasteiger partial charge < -0.3 is 19.5 Å². The van der Waals surface area contributed by atoms with Crippen LogP contribution in [0.4, 0.5) is 0 Å². The van der Waals surface area contributed by atoms with Crippen molar-refractivity contribution in [3.05, 3.63) is 17.7 Å². The first-order valence-electron chi connectivity index (χ1n) is 7.43. The highest BCUT2D eigenvalue weighted by Crippen LogP contribution is 2.41. The minimum absolute atomic E-state index is 0.280. The summed E-state index contributed by atoms with van der Waals surface area (Å²) in [5.41, 5.74) is 1.18. The molecule has 2 atom stereocenters. The van der Waals surface area contributed by atoms with Gasteiger partial charge in [-0.25, -0.2) is 0 Å². The fourth-order valence-corrected chi connectivity index (χ4v) is 3.22. The predicted molar refractivity (Wildman–Crippen MR) is 77.3 cm³/mol. The van der Waals surface area contributed by atoms with Crippen LogP contribution in [-0.2, 0) is 6.54 Å². The van der Waals surface area contributed by atoms with E-state index in [1.54, 1.807) is 7.11 Å². The Kier molecular flexibility index (Phi) is 4.01. The van der Waals surface area contributed by atoms with Crippen LogP contribution >= 0.6 is 0 Å². The Morgan fingerprint density at radius 3 is 2.95 bits per heavy atom. The van der Waals surface area contributed by atoms with Crippen molar-refractivity contribution in [3.63, 3.8) is 0 Å². The fraction of sp³-hybridized carbons (Fsp3) is 0.625. The van der Waals surface area contributed by atoms with Crippen LogP contribution in [0, 0.1) is 11.8 Å². The van der Waals surface area contributed by atoms with Gasteiger partial charge in [-0.2, -0.15) is 0 Å². The number of hydrogen-bond acceptors (Lipinski definition) is 4. The van der Waals surface area contributed by atoms with Gasteiger partial charge in [0.15, 0.2) is 11.5 Å². The van der Waals surface area contributed by atoms with Crippen LogP contribution in [0.1, 0.15) is 31.7 Å². The average Bonchev–Trinajstić information content (AvgIpc) is 3.06. The quantitative estimate of drug-likeness (QED) is 0.898. The van der Waals surface area contributed by atoms with Crippen LogP contribution in [0.5, 0.6) is 17.2 Å². The molecule has 2 aliphatic rings. The van der Waals surface area contributed by atoms with E-state index < -0.39 is 0 Å². The Labute approximate surface area is 120 Å². The first-order valence-corrected chi connectivity index (χ1v) is 7.43. The number of ether oxygens (including phenoxy) is 3. The maximum Gasteiger partial charge on any atom is 0.231 e. The zero-order chi connectivity index (χ0) is 13.9. The summed E-state index contributed by atoms with van der Waals surface area (Å²) in [7, 11) is 1.66. The van der Waals surface area contributed by atoms with E-state index in [0.29, 0.717) is 0 Å². The summed E-state index contributed by atoms with van der Waals surface area (Å²) in [4.78, 5) is 0. The molecule has 4 nitrogen and oxygen atoms in total. The molecule has 0 bridgehead atoms. The van der Waals surface area contributed by atoms with Crippen LogP contribution in [0.15, 0.2) is 12.1 Å². The standard InChI is InChI=1S/C16H23NO3/c1-11-3-4-12(5-11)8-17-9-13-6-14(18-2)16-15(7-13)19-10-20-16/h6-7,11-12,17H,3-5,8-10H2,1-2H3.